The van der Waals surface area contributed by atoms with Crippen LogP contribution < -0.4 is 10.6 Å². The average Bonchev–Trinajstić information content (AvgIpc) is 3.24. The lowest BCUT2D eigenvalue weighted by Crippen LogP contribution is -2.36. The number of ether oxygens (including phenoxy) is 1. The van der Waals surface area contributed by atoms with Crippen molar-refractivity contribution in [3.63, 3.8) is 0 Å². The van der Waals surface area contributed by atoms with E-state index in [0.29, 0.717) is 42.4 Å². The third-order valence-electron chi connectivity index (χ3n) is 6.02. The lowest BCUT2D eigenvalue weighted by molar-refractivity contribution is 0.0220. The van der Waals surface area contributed by atoms with Crippen molar-refractivity contribution in [2.45, 2.75) is 45.3 Å². The highest BCUT2D eigenvalue weighted by Crippen LogP contribution is 2.28. The van der Waals surface area contributed by atoms with E-state index in [4.69, 9.17) is 4.74 Å². The molecule has 0 spiro atoms. The minimum absolute atomic E-state index is 0.0760. The SMILES string of the molecule is Cc1cccc(CC(C)(C)Nc2nc(C3CNCCO3)nc(-n3c(C(F)F)nc4ccccc43)n2)c1. The van der Waals surface area contributed by atoms with E-state index in [-0.39, 0.29) is 5.95 Å². The molecule has 10 heteroatoms. The van der Waals surface area contributed by atoms with Gasteiger partial charge in [0.1, 0.15) is 6.10 Å². The van der Waals surface area contributed by atoms with Crippen LogP contribution in [0.1, 0.15) is 49.2 Å². The molecule has 0 radical (unpaired) electrons. The van der Waals surface area contributed by atoms with Crippen LogP contribution in [0.15, 0.2) is 48.5 Å². The molecule has 4 aromatic rings. The lowest BCUT2D eigenvalue weighted by Gasteiger charge is -2.28. The monoisotopic (exact) mass is 493 g/mol. The summed E-state index contributed by atoms with van der Waals surface area (Å²) in [6.07, 6.45) is -2.52. The lowest BCUT2D eigenvalue weighted by atomic mass is 9.94. The molecule has 2 N–H and O–H groups in total. The Bertz CT molecular complexity index is 1370. The largest absolute Gasteiger partial charge is 0.368 e. The molecule has 3 heterocycles. The summed E-state index contributed by atoms with van der Waals surface area (Å²) >= 11 is 0. The van der Waals surface area contributed by atoms with Crippen molar-refractivity contribution in [2.75, 3.05) is 25.0 Å². The first-order chi connectivity index (χ1) is 17.3. The standard InChI is InChI=1S/C26H29F2N7O/c1-16-7-6-8-17(13-16)14-26(2,3)34-24-31-22(20-15-29-11-12-36-20)32-25(33-24)35-19-10-5-4-9-18(19)30-23(35)21(27)28/h4-10,13,20-21,29H,11-12,14-15H2,1-3H3,(H,31,32,33,34). The number of imidazole rings is 1. The predicted molar refractivity (Wildman–Crippen MR) is 134 cm³/mol. The highest BCUT2D eigenvalue weighted by molar-refractivity contribution is 5.77. The molecule has 2 aromatic heterocycles. The summed E-state index contributed by atoms with van der Waals surface area (Å²) in [5.41, 5.74) is 2.86. The highest BCUT2D eigenvalue weighted by Gasteiger charge is 2.27. The number of aryl methyl sites for hydroxylation is 1. The molecule has 8 nitrogen and oxygen atoms in total. The number of aromatic nitrogens is 5. The first-order valence-electron chi connectivity index (χ1n) is 12.0. The summed E-state index contributed by atoms with van der Waals surface area (Å²) < 4.78 is 35.3. The van der Waals surface area contributed by atoms with Crippen LogP contribution in [-0.2, 0) is 11.2 Å². The fourth-order valence-electron chi connectivity index (χ4n) is 4.49. The van der Waals surface area contributed by atoms with Crippen molar-refractivity contribution in [3.8, 4) is 5.95 Å². The summed E-state index contributed by atoms with van der Waals surface area (Å²) in [7, 11) is 0. The van der Waals surface area contributed by atoms with Crippen LogP contribution in [0.3, 0.4) is 0 Å². The zero-order chi connectivity index (χ0) is 25.3. The van der Waals surface area contributed by atoms with Gasteiger partial charge >= 0.3 is 0 Å². The molecule has 1 aliphatic rings. The van der Waals surface area contributed by atoms with E-state index in [1.54, 1.807) is 24.3 Å². The number of nitrogens with zero attached hydrogens (tertiary/aromatic N) is 5. The van der Waals surface area contributed by atoms with Gasteiger partial charge in [-0.2, -0.15) is 15.0 Å². The third kappa shape index (κ3) is 5.19. The van der Waals surface area contributed by atoms with Gasteiger partial charge in [0.2, 0.25) is 11.9 Å². The van der Waals surface area contributed by atoms with Gasteiger partial charge in [-0.3, -0.25) is 4.57 Å². The van der Waals surface area contributed by atoms with Crippen molar-refractivity contribution in [1.29, 1.82) is 0 Å². The number of morpholine rings is 1. The van der Waals surface area contributed by atoms with Gasteiger partial charge in [0.05, 0.1) is 17.6 Å². The predicted octanol–water partition coefficient (Wildman–Crippen LogP) is 4.55. The van der Waals surface area contributed by atoms with Crippen molar-refractivity contribution in [2.24, 2.45) is 0 Å². The number of halogens is 2. The molecule has 0 amide bonds. The van der Waals surface area contributed by atoms with E-state index in [1.807, 2.05) is 19.9 Å². The van der Waals surface area contributed by atoms with Gasteiger partial charge in [-0.05, 0) is 44.9 Å². The molecule has 0 aliphatic carbocycles. The highest BCUT2D eigenvalue weighted by atomic mass is 19.3. The van der Waals surface area contributed by atoms with Crippen molar-refractivity contribution >= 4 is 17.0 Å². The van der Waals surface area contributed by atoms with E-state index in [0.717, 1.165) is 6.54 Å². The number of rotatable bonds is 7. The van der Waals surface area contributed by atoms with Gasteiger partial charge in [0.15, 0.2) is 11.6 Å². The summed E-state index contributed by atoms with van der Waals surface area (Å²) in [6.45, 7) is 7.90. The summed E-state index contributed by atoms with van der Waals surface area (Å²) in [5, 5.41) is 6.67. The molecule has 5 rings (SSSR count). The Balaban J connectivity index is 1.58. The number of fused-ring (bicyclic) bond motifs is 1. The van der Waals surface area contributed by atoms with E-state index in [2.05, 4.69) is 55.7 Å². The first-order valence-corrected chi connectivity index (χ1v) is 12.0. The third-order valence-corrected chi connectivity index (χ3v) is 6.02. The first kappa shape index (κ1) is 24.2. The Morgan fingerprint density at radius 1 is 1.11 bits per heavy atom. The van der Waals surface area contributed by atoms with Crippen molar-refractivity contribution in [1.82, 2.24) is 29.8 Å². The van der Waals surface area contributed by atoms with E-state index in [1.165, 1.54) is 15.7 Å². The second-order valence-electron chi connectivity index (χ2n) is 9.65. The normalized spacial score (nSPS) is 16.6. The molecule has 0 saturated carbocycles. The maximum absolute atomic E-state index is 14.0. The Labute approximate surface area is 208 Å². The van der Waals surface area contributed by atoms with Crippen LogP contribution in [0, 0.1) is 6.92 Å². The van der Waals surface area contributed by atoms with Gasteiger partial charge in [-0.15, -0.1) is 0 Å². The second-order valence-corrected chi connectivity index (χ2v) is 9.65. The smallest absolute Gasteiger partial charge is 0.296 e. The molecule has 1 saturated heterocycles. The minimum atomic E-state index is -2.81. The molecule has 1 atom stereocenters. The van der Waals surface area contributed by atoms with Gasteiger partial charge in [0, 0.05) is 18.6 Å². The van der Waals surface area contributed by atoms with Crippen LogP contribution in [0.2, 0.25) is 0 Å². The van der Waals surface area contributed by atoms with Crippen LogP contribution in [0.25, 0.3) is 17.0 Å². The molecule has 188 valence electrons. The number of anilines is 1. The molecule has 2 aromatic carbocycles. The molecule has 0 bridgehead atoms. The topological polar surface area (TPSA) is 89.8 Å². The zero-order valence-electron chi connectivity index (χ0n) is 20.5. The molecular formula is C26H29F2N7O. The Morgan fingerprint density at radius 2 is 1.94 bits per heavy atom. The van der Waals surface area contributed by atoms with Gasteiger partial charge in [-0.1, -0.05) is 42.0 Å². The maximum atomic E-state index is 14.0. The van der Waals surface area contributed by atoms with Crippen LogP contribution >= 0.6 is 0 Å². The van der Waals surface area contributed by atoms with Crippen LogP contribution in [0.5, 0.6) is 0 Å². The van der Waals surface area contributed by atoms with Crippen LogP contribution in [0.4, 0.5) is 14.7 Å². The van der Waals surface area contributed by atoms with Gasteiger partial charge in [-0.25, -0.2) is 13.8 Å². The van der Waals surface area contributed by atoms with E-state index in [9.17, 15) is 8.78 Å². The molecule has 36 heavy (non-hydrogen) atoms. The fraction of sp³-hybridized carbons (Fsp3) is 0.385. The fourth-order valence-corrected chi connectivity index (χ4v) is 4.49. The quantitative estimate of drug-likeness (QED) is 0.390. The Hall–Kier alpha value is -3.50. The summed E-state index contributed by atoms with van der Waals surface area (Å²) in [6, 6.07) is 15.3. The number of alkyl halides is 2. The molecule has 1 unspecified atom stereocenters. The van der Waals surface area contributed by atoms with Gasteiger partial charge < -0.3 is 15.4 Å². The summed E-state index contributed by atoms with van der Waals surface area (Å²) in [4.78, 5) is 18.0. The number of hydrogen-bond acceptors (Lipinski definition) is 7. The average molecular weight is 494 g/mol. The van der Waals surface area contributed by atoms with Crippen molar-refractivity contribution < 1.29 is 13.5 Å². The summed E-state index contributed by atoms with van der Waals surface area (Å²) in [5.74, 6) is 0.326. The molecule has 1 aliphatic heterocycles. The maximum Gasteiger partial charge on any atom is 0.296 e. The van der Waals surface area contributed by atoms with Crippen LogP contribution in [-0.4, -0.2) is 49.7 Å². The molecule has 1 fully saturated rings. The number of benzene rings is 2. The van der Waals surface area contributed by atoms with E-state index < -0.39 is 23.9 Å². The second kappa shape index (κ2) is 9.87. The molecular weight excluding hydrogens is 464 g/mol. The van der Waals surface area contributed by atoms with Crippen molar-refractivity contribution in [3.05, 3.63) is 71.3 Å². The minimum Gasteiger partial charge on any atom is -0.368 e. The van der Waals surface area contributed by atoms with E-state index >= 15 is 0 Å². The Morgan fingerprint density at radius 3 is 2.69 bits per heavy atom. The number of hydrogen-bond donors (Lipinski definition) is 2. The number of nitrogens with one attached hydrogen (secondary N) is 2. The number of para-hydroxylation sites is 2. The Kier molecular flexibility index (Phi) is 6.63. The zero-order valence-corrected chi connectivity index (χ0v) is 20.5. The van der Waals surface area contributed by atoms with Gasteiger partial charge in [0.25, 0.3) is 6.43 Å².